The second-order valence-electron chi connectivity index (χ2n) is 9.03. The van der Waals surface area contributed by atoms with Crippen LogP contribution in [0.5, 0.6) is 5.75 Å². The molecule has 0 aliphatic carbocycles. The highest BCUT2D eigenvalue weighted by atomic mass is 79.9. The Morgan fingerprint density at radius 3 is 2.62 bits per heavy atom. The zero-order valence-electron chi connectivity index (χ0n) is 20.9. The van der Waals surface area contributed by atoms with Crippen molar-refractivity contribution in [3.05, 3.63) is 89.0 Å². The summed E-state index contributed by atoms with van der Waals surface area (Å²) in [5, 5.41) is 0. The summed E-state index contributed by atoms with van der Waals surface area (Å²) in [6.07, 6.45) is -0.355. The minimum Gasteiger partial charge on any atom is -0.497 e. The number of halogens is 1. The van der Waals surface area contributed by atoms with Crippen molar-refractivity contribution in [2.45, 2.75) is 32.9 Å². The average molecular weight is 582 g/mol. The maximum Gasteiger partial charge on any atom is 0.338 e. The predicted molar refractivity (Wildman–Crippen MR) is 144 cm³/mol. The minimum atomic E-state index is -0.803. The number of fused-ring (bicyclic) bond motifs is 2. The second-order valence-corrected chi connectivity index (χ2v) is 10.9. The molecule has 0 spiro atoms. The van der Waals surface area contributed by atoms with Crippen molar-refractivity contribution in [1.29, 1.82) is 0 Å². The van der Waals surface area contributed by atoms with Crippen LogP contribution >= 0.6 is 27.3 Å². The van der Waals surface area contributed by atoms with Gasteiger partial charge in [0.05, 0.1) is 41.8 Å². The molecule has 0 saturated carbocycles. The van der Waals surface area contributed by atoms with Crippen LogP contribution in [-0.4, -0.2) is 36.7 Å². The van der Waals surface area contributed by atoms with Gasteiger partial charge in [0, 0.05) is 17.1 Å². The third-order valence-electron chi connectivity index (χ3n) is 6.30. The quantitative estimate of drug-likeness (QED) is 0.441. The first-order valence-corrected chi connectivity index (χ1v) is 13.2. The molecule has 37 heavy (non-hydrogen) atoms. The Labute approximate surface area is 225 Å². The molecule has 0 saturated heterocycles. The van der Waals surface area contributed by atoms with Gasteiger partial charge in [0.1, 0.15) is 10.3 Å². The van der Waals surface area contributed by atoms with E-state index in [-0.39, 0.29) is 22.1 Å². The van der Waals surface area contributed by atoms with Crippen molar-refractivity contribution in [2.24, 2.45) is 4.99 Å². The standard InChI is InChI=1S/C27H24BrN3O5S/c1-13(2)36-26(34)20-14(3)29-27-31(22(20)15-7-6-8-17(11-15)35-5)25(33)23(37-27)21-18-12-16(28)9-10-19(18)30(4)24(21)32/h6-13,22H,1-5H3/b23-21+/t22-/m0/s1. The average Bonchev–Trinajstić information content (AvgIpc) is 3.29. The van der Waals surface area contributed by atoms with Crippen LogP contribution in [-0.2, 0) is 14.3 Å². The fourth-order valence-corrected chi connectivity index (χ4v) is 6.15. The maximum absolute atomic E-state index is 14.1. The highest BCUT2D eigenvalue weighted by Gasteiger charge is 2.36. The van der Waals surface area contributed by atoms with E-state index >= 15 is 0 Å². The fraction of sp³-hybridized carbons (Fsp3) is 0.259. The monoisotopic (exact) mass is 581 g/mol. The number of hydrogen-bond acceptors (Lipinski definition) is 7. The number of allylic oxidation sites excluding steroid dienone is 1. The van der Waals surface area contributed by atoms with E-state index in [0.29, 0.717) is 32.9 Å². The highest BCUT2D eigenvalue weighted by molar-refractivity contribution is 9.10. The van der Waals surface area contributed by atoms with E-state index in [0.717, 1.165) is 21.5 Å². The molecular formula is C27H24BrN3O5S. The molecule has 8 nitrogen and oxygen atoms in total. The molecule has 2 aliphatic heterocycles. The van der Waals surface area contributed by atoms with E-state index in [2.05, 4.69) is 20.9 Å². The summed E-state index contributed by atoms with van der Waals surface area (Å²) >= 11 is 4.61. The molecule has 1 aromatic heterocycles. The normalized spacial score (nSPS) is 18.1. The van der Waals surface area contributed by atoms with Gasteiger partial charge in [-0.25, -0.2) is 9.79 Å². The smallest absolute Gasteiger partial charge is 0.338 e. The van der Waals surface area contributed by atoms with Crippen LogP contribution in [0.2, 0.25) is 0 Å². The second kappa shape index (κ2) is 9.42. The number of likely N-dealkylation sites (N-methyl/N-ethyl adjacent to an activating group) is 1. The molecule has 0 bridgehead atoms. The number of thiazole rings is 1. The number of nitrogens with zero attached hydrogens (tertiary/aromatic N) is 3. The van der Waals surface area contributed by atoms with Crippen LogP contribution < -0.4 is 24.5 Å². The Balaban J connectivity index is 1.83. The van der Waals surface area contributed by atoms with Gasteiger partial charge < -0.3 is 14.4 Å². The van der Waals surface area contributed by atoms with Gasteiger partial charge in [-0.05, 0) is 56.7 Å². The summed E-state index contributed by atoms with van der Waals surface area (Å²) in [6, 6.07) is 11.9. The van der Waals surface area contributed by atoms with Crippen molar-refractivity contribution < 1.29 is 19.1 Å². The van der Waals surface area contributed by atoms with Gasteiger partial charge in [0.25, 0.3) is 11.5 Å². The molecule has 3 heterocycles. The number of hydrogen-bond donors (Lipinski definition) is 0. The minimum absolute atomic E-state index is 0.268. The van der Waals surface area contributed by atoms with Crippen LogP contribution in [0.15, 0.2) is 68.0 Å². The van der Waals surface area contributed by atoms with Gasteiger partial charge in [-0.15, -0.1) is 0 Å². The van der Waals surface area contributed by atoms with Crippen LogP contribution in [0, 0.1) is 0 Å². The molecule has 0 N–H and O–H groups in total. The van der Waals surface area contributed by atoms with Crippen molar-refractivity contribution >= 4 is 50.4 Å². The first kappa shape index (κ1) is 25.2. The van der Waals surface area contributed by atoms with Crippen molar-refractivity contribution in [2.75, 3.05) is 19.1 Å². The first-order valence-electron chi connectivity index (χ1n) is 11.6. The molecule has 2 aliphatic rings. The highest BCUT2D eigenvalue weighted by Crippen LogP contribution is 2.37. The van der Waals surface area contributed by atoms with Crippen LogP contribution in [0.4, 0.5) is 5.69 Å². The third kappa shape index (κ3) is 4.14. The number of amides is 1. The van der Waals surface area contributed by atoms with Crippen molar-refractivity contribution in [3.63, 3.8) is 0 Å². The third-order valence-corrected chi connectivity index (χ3v) is 7.85. The summed E-state index contributed by atoms with van der Waals surface area (Å²) < 4.78 is 13.5. The molecule has 10 heteroatoms. The number of ether oxygens (including phenoxy) is 2. The maximum atomic E-state index is 14.1. The first-order chi connectivity index (χ1) is 17.6. The van der Waals surface area contributed by atoms with E-state index < -0.39 is 17.6 Å². The molecule has 1 atom stereocenters. The SMILES string of the molecule is COc1cccc([C@H]2C(C(=O)OC(C)C)=C(C)N=c3s/c(=C4/C(=O)N(C)c5ccc(Br)cc54)c(=O)n32)c1. The molecular weight excluding hydrogens is 558 g/mol. The lowest BCUT2D eigenvalue weighted by molar-refractivity contribution is -0.143. The lowest BCUT2D eigenvalue weighted by Gasteiger charge is -2.25. The molecule has 0 unspecified atom stereocenters. The van der Waals surface area contributed by atoms with E-state index in [9.17, 15) is 14.4 Å². The number of carbonyl (C=O) groups is 2. The lowest BCUT2D eigenvalue weighted by atomic mass is 9.95. The fourth-order valence-electron chi connectivity index (χ4n) is 4.65. The van der Waals surface area contributed by atoms with Gasteiger partial charge in [-0.3, -0.25) is 14.2 Å². The van der Waals surface area contributed by atoms with Gasteiger partial charge in [-0.2, -0.15) is 0 Å². The summed E-state index contributed by atoms with van der Waals surface area (Å²) in [5.41, 5.74) is 2.69. The predicted octanol–water partition coefficient (Wildman–Crippen LogP) is 3.30. The molecule has 2 aromatic carbocycles. The van der Waals surface area contributed by atoms with Gasteiger partial charge in [0.15, 0.2) is 4.80 Å². The van der Waals surface area contributed by atoms with Gasteiger partial charge in [-0.1, -0.05) is 39.4 Å². The molecule has 5 rings (SSSR count). The molecule has 0 radical (unpaired) electrons. The Kier molecular flexibility index (Phi) is 6.41. The van der Waals surface area contributed by atoms with E-state index in [4.69, 9.17) is 9.47 Å². The van der Waals surface area contributed by atoms with Crippen LogP contribution in [0.3, 0.4) is 0 Å². The Bertz CT molecular complexity index is 1680. The number of esters is 1. The number of methoxy groups -OCH3 is 1. The zero-order chi connectivity index (χ0) is 26.6. The number of benzene rings is 2. The molecule has 3 aromatic rings. The summed E-state index contributed by atoms with van der Waals surface area (Å²) in [4.78, 5) is 47.3. The van der Waals surface area contributed by atoms with E-state index in [1.165, 1.54) is 9.47 Å². The topological polar surface area (TPSA) is 90.2 Å². The van der Waals surface area contributed by atoms with Crippen LogP contribution in [0.25, 0.3) is 5.57 Å². The van der Waals surface area contributed by atoms with Gasteiger partial charge in [0.2, 0.25) is 0 Å². The Hall–Kier alpha value is -3.50. The number of aromatic nitrogens is 1. The Morgan fingerprint density at radius 1 is 1.16 bits per heavy atom. The molecule has 190 valence electrons. The van der Waals surface area contributed by atoms with Crippen molar-refractivity contribution in [3.8, 4) is 5.75 Å². The van der Waals surface area contributed by atoms with Gasteiger partial charge >= 0.3 is 5.97 Å². The van der Waals surface area contributed by atoms with E-state index in [1.54, 1.807) is 53.1 Å². The number of anilines is 1. The van der Waals surface area contributed by atoms with Crippen LogP contribution in [0.1, 0.15) is 37.9 Å². The number of rotatable bonds is 4. The lowest BCUT2D eigenvalue weighted by Crippen LogP contribution is -2.41. The van der Waals surface area contributed by atoms with Crippen molar-refractivity contribution in [1.82, 2.24) is 4.57 Å². The molecule has 1 amide bonds. The largest absolute Gasteiger partial charge is 0.497 e. The summed E-state index contributed by atoms with van der Waals surface area (Å²) in [5.74, 6) is -0.237. The zero-order valence-corrected chi connectivity index (χ0v) is 23.3. The molecule has 0 fully saturated rings. The Morgan fingerprint density at radius 2 is 1.92 bits per heavy atom. The number of carbonyl (C=O) groups excluding carboxylic acids is 2. The van der Waals surface area contributed by atoms with E-state index in [1.807, 2.05) is 24.3 Å². The summed E-state index contributed by atoms with van der Waals surface area (Å²) in [6.45, 7) is 5.26. The summed E-state index contributed by atoms with van der Waals surface area (Å²) in [7, 11) is 3.24.